The molecule has 0 aliphatic rings. The first-order chi connectivity index (χ1) is 16.2. The van der Waals surface area contributed by atoms with Crippen LogP contribution in [0.1, 0.15) is 0 Å². The molecule has 0 spiro atoms. The van der Waals surface area contributed by atoms with Gasteiger partial charge in [0.15, 0.2) is 0 Å². The van der Waals surface area contributed by atoms with Gasteiger partial charge in [-0.3, -0.25) is 0 Å². The molecule has 3 nitrogen and oxygen atoms in total. The average Bonchev–Trinajstić information content (AvgIpc) is 2.86. The Morgan fingerprint density at radius 2 is 0.588 bits per heavy atom. The lowest BCUT2D eigenvalue weighted by Gasteiger charge is -2.19. The van der Waals surface area contributed by atoms with Crippen molar-refractivity contribution >= 4 is 44.3 Å². The topological polar surface area (TPSA) is 66.3 Å². The van der Waals surface area contributed by atoms with Crippen LogP contribution >= 0.6 is 23.1 Å². The summed E-state index contributed by atoms with van der Waals surface area (Å²) in [5.41, 5.74) is 0. The van der Waals surface area contributed by atoms with Crippen LogP contribution in [0.5, 0.6) is 0 Å². The van der Waals surface area contributed by atoms with Gasteiger partial charge in [0, 0.05) is 0 Å². The molecule has 0 amide bonds. The molecule has 0 radical (unpaired) electrons. The van der Waals surface area contributed by atoms with Gasteiger partial charge >= 0.3 is 0 Å². The minimum absolute atomic E-state index is 1.15. The zero-order valence-electron chi connectivity index (χ0n) is 20.2. The van der Waals surface area contributed by atoms with Crippen molar-refractivity contribution in [1.82, 2.24) is 0 Å². The highest BCUT2D eigenvalue weighted by Gasteiger charge is 2.31. The molecule has 0 atom stereocenters. The fraction of sp³-hybridized carbons (Fsp3) is 0.143. The molecule has 0 heterocycles. The molecule has 178 valence electrons. The van der Waals surface area contributed by atoms with Crippen molar-refractivity contribution < 1.29 is 14.7 Å². The summed E-state index contributed by atoms with van der Waals surface area (Å²) in [5, 5.41) is 5.87. The SMILES string of the molecule is C[P+](C)(c1ccccc1)c1ccccc1.C[P+](C)(c1ccccc1)c1ccccc1.[O-]P([O-])O. The molecule has 0 bridgehead atoms. The van der Waals surface area contributed by atoms with Gasteiger partial charge in [0.05, 0.1) is 62.4 Å². The average molecular weight is 510 g/mol. The Bertz CT molecular complexity index is 900. The molecule has 0 aliphatic heterocycles. The molecule has 4 aromatic carbocycles. The summed E-state index contributed by atoms with van der Waals surface area (Å²) in [7, 11) is -5.41. The molecule has 4 rings (SSSR count). The summed E-state index contributed by atoms with van der Waals surface area (Å²) in [5.74, 6) is 0. The van der Waals surface area contributed by atoms with E-state index in [4.69, 9.17) is 14.7 Å². The number of benzene rings is 4. The van der Waals surface area contributed by atoms with Crippen molar-refractivity contribution in [2.45, 2.75) is 0 Å². The van der Waals surface area contributed by atoms with Gasteiger partial charge in [0.25, 0.3) is 0 Å². The Morgan fingerprint density at radius 1 is 0.441 bits per heavy atom. The first kappa shape index (κ1) is 28.3. The van der Waals surface area contributed by atoms with Crippen molar-refractivity contribution in [1.29, 1.82) is 0 Å². The van der Waals surface area contributed by atoms with E-state index in [9.17, 15) is 0 Å². The Labute approximate surface area is 206 Å². The van der Waals surface area contributed by atoms with Crippen molar-refractivity contribution in [2.24, 2.45) is 0 Å². The number of hydrogen-bond acceptors (Lipinski definition) is 3. The quantitative estimate of drug-likeness (QED) is 0.426. The highest BCUT2D eigenvalue weighted by Crippen LogP contribution is 2.48. The van der Waals surface area contributed by atoms with Crippen LogP contribution in [0.25, 0.3) is 0 Å². The van der Waals surface area contributed by atoms with Crippen LogP contribution in [0.4, 0.5) is 0 Å². The van der Waals surface area contributed by atoms with Crippen LogP contribution in [0.2, 0.25) is 0 Å². The largest absolute Gasteiger partial charge is 0.820 e. The van der Waals surface area contributed by atoms with E-state index in [1.165, 1.54) is 21.2 Å². The standard InChI is InChI=1S/2C14H16P.HO3P/c2*1-15(2,13-9-5-3-6-10-13)14-11-7-4-8-12-14;1-4(2)3/h2*3-12H,1-2H3;1H/q2*+1;-2. The summed E-state index contributed by atoms with van der Waals surface area (Å²) in [6.07, 6.45) is 0. The van der Waals surface area contributed by atoms with Crippen LogP contribution in [-0.4, -0.2) is 31.6 Å². The lowest BCUT2D eigenvalue weighted by atomic mass is 10.4. The molecule has 0 unspecified atom stereocenters. The fourth-order valence-corrected chi connectivity index (χ4v) is 7.77. The van der Waals surface area contributed by atoms with E-state index in [1.807, 2.05) is 0 Å². The van der Waals surface area contributed by atoms with Crippen molar-refractivity contribution in [2.75, 3.05) is 26.7 Å². The minimum Gasteiger partial charge on any atom is -0.820 e. The van der Waals surface area contributed by atoms with Crippen LogP contribution in [0.15, 0.2) is 121 Å². The molecular weight excluding hydrogens is 477 g/mol. The summed E-state index contributed by atoms with van der Waals surface area (Å²) < 4.78 is 0. The third kappa shape index (κ3) is 8.68. The van der Waals surface area contributed by atoms with E-state index in [0.29, 0.717) is 0 Å². The lowest BCUT2D eigenvalue weighted by Crippen LogP contribution is -2.19. The molecule has 0 saturated heterocycles. The number of rotatable bonds is 4. The smallest absolute Gasteiger partial charge is 0.0985 e. The van der Waals surface area contributed by atoms with Crippen molar-refractivity contribution in [3.8, 4) is 0 Å². The maximum atomic E-state index is 8.59. The molecule has 6 heteroatoms. The zero-order chi connectivity index (χ0) is 25.0. The van der Waals surface area contributed by atoms with Crippen molar-refractivity contribution in [3.05, 3.63) is 121 Å². The normalized spacial score (nSPS) is 11.1. The van der Waals surface area contributed by atoms with Gasteiger partial charge in [0.1, 0.15) is 0 Å². The predicted octanol–water partition coefficient (Wildman–Crippen LogP) is 3.76. The second-order valence-corrected chi connectivity index (χ2v) is 16.8. The van der Waals surface area contributed by atoms with Crippen LogP contribution in [-0.2, 0) is 0 Å². The monoisotopic (exact) mass is 510 g/mol. The molecule has 1 N–H and O–H groups in total. The summed E-state index contributed by atoms with van der Waals surface area (Å²) in [4.78, 5) is 24.2. The molecular formula is C28H33O3P3. The Balaban J connectivity index is 0.000000208. The van der Waals surface area contributed by atoms with Gasteiger partial charge in [-0.15, -0.1) is 0 Å². The van der Waals surface area contributed by atoms with Crippen LogP contribution in [0, 0.1) is 0 Å². The molecule has 4 aromatic rings. The van der Waals surface area contributed by atoms with Gasteiger partial charge < -0.3 is 14.7 Å². The van der Waals surface area contributed by atoms with Crippen LogP contribution < -0.4 is 31.0 Å². The van der Waals surface area contributed by atoms with E-state index in [1.54, 1.807) is 0 Å². The summed E-state index contributed by atoms with van der Waals surface area (Å²) in [6.45, 7) is 9.49. The minimum atomic E-state index is -3.12. The van der Waals surface area contributed by atoms with E-state index in [-0.39, 0.29) is 0 Å². The van der Waals surface area contributed by atoms with Gasteiger partial charge in [0.2, 0.25) is 0 Å². The van der Waals surface area contributed by atoms with E-state index >= 15 is 0 Å². The second-order valence-electron chi connectivity index (χ2n) is 8.49. The Kier molecular flexibility index (Phi) is 11.5. The molecule has 0 fully saturated rings. The van der Waals surface area contributed by atoms with Gasteiger partial charge in [-0.05, 0) is 48.5 Å². The zero-order valence-corrected chi connectivity index (χ0v) is 22.8. The molecule has 0 aromatic heterocycles. The van der Waals surface area contributed by atoms with Gasteiger partial charge in [-0.1, -0.05) is 72.8 Å². The molecule has 0 aliphatic carbocycles. The van der Waals surface area contributed by atoms with E-state index in [2.05, 4.69) is 148 Å². The summed E-state index contributed by atoms with van der Waals surface area (Å²) in [6, 6.07) is 43.2. The fourth-order valence-electron chi connectivity index (χ4n) is 3.50. The first-order valence-electron chi connectivity index (χ1n) is 10.9. The number of hydrogen-bond donors (Lipinski definition) is 1. The van der Waals surface area contributed by atoms with Gasteiger partial charge in [-0.2, -0.15) is 8.60 Å². The maximum Gasteiger partial charge on any atom is 0.0985 e. The first-order valence-corrected chi connectivity index (χ1v) is 17.4. The van der Waals surface area contributed by atoms with Crippen molar-refractivity contribution in [3.63, 3.8) is 0 Å². The van der Waals surface area contributed by atoms with E-state index < -0.39 is 23.1 Å². The van der Waals surface area contributed by atoms with E-state index in [0.717, 1.165) is 0 Å². The maximum absolute atomic E-state index is 8.59. The third-order valence-electron chi connectivity index (χ3n) is 5.61. The Hall–Kier alpha value is -1.95. The lowest BCUT2D eigenvalue weighted by molar-refractivity contribution is -0.313. The molecule has 0 saturated carbocycles. The predicted molar refractivity (Wildman–Crippen MR) is 151 cm³/mol. The second kappa shape index (κ2) is 13.8. The summed E-state index contributed by atoms with van der Waals surface area (Å²) >= 11 is 0. The highest BCUT2D eigenvalue weighted by molar-refractivity contribution is 7.88. The van der Waals surface area contributed by atoms with Gasteiger partial charge in [-0.25, -0.2) is 0 Å². The van der Waals surface area contributed by atoms with Crippen LogP contribution in [0.3, 0.4) is 0 Å². The highest BCUT2D eigenvalue weighted by atomic mass is 31.2. The Morgan fingerprint density at radius 3 is 0.735 bits per heavy atom. The third-order valence-corrected chi connectivity index (χ3v) is 12.0. The molecule has 34 heavy (non-hydrogen) atoms.